The lowest BCUT2D eigenvalue weighted by molar-refractivity contribution is 0.292. The Morgan fingerprint density at radius 2 is 1.89 bits per heavy atom. The average Bonchev–Trinajstić information content (AvgIpc) is 2.28. The summed E-state index contributed by atoms with van der Waals surface area (Å²) in [6.45, 7) is 2.98. The summed E-state index contributed by atoms with van der Waals surface area (Å²) < 4.78 is 22.5. The predicted molar refractivity (Wildman–Crippen MR) is 81.1 cm³/mol. The molecule has 0 N–H and O–H groups in total. The number of sulfone groups is 1. The average molecular weight is 293 g/mol. The van der Waals surface area contributed by atoms with E-state index in [4.69, 9.17) is 0 Å². The summed E-state index contributed by atoms with van der Waals surface area (Å²) in [6, 6.07) is 0.118. The minimum Gasteiger partial charge on any atom is -0.302 e. The maximum absolute atomic E-state index is 11.2. The van der Waals surface area contributed by atoms with Crippen LogP contribution in [0.25, 0.3) is 0 Å². The fraction of sp³-hybridized carbons (Fsp3) is 1.00. The first kappa shape index (κ1) is 16.3. The zero-order valence-electron chi connectivity index (χ0n) is 11.9. The van der Waals surface area contributed by atoms with Gasteiger partial charge in [0.15, 0.2) is 0 Å². The van der Waals surface area contributed by atoms with Crippen LogP contribution in [0.4, 0.5) is 0 Å². The standard InChI is InChI=1S/C13H27NO2S2/c1-12(11-18(3,15)16)14(2)9-10-17-13-7-5-4-6-8-13/h12-13H,4-11H2,1-3H3/t12-/m0/s1. The highest BCUT2D eigenvalue weighted by molar-refractivity contribution is 7.99. The predicted octanol–water partition coefficient (Wildman–Crippen LogP) is 2.42. The molecule has 0 heterocycles. The normalized spacial score (nSPS) is 20.2. The van der Waals surface area contributed by atoms with E-state index in [2.05, 4.69) is 16.7 Å². The van der Waals surface area contributed by atoms with Crippen LogP contribution in [0.3, 0.4) is 0 Å². The van der Waals surface area contributed by atoms with Crippen molar-refractivity contribution in [3.8, 4) is 0 Å². The smallest absolute Gasteiger partial charge is 0.148 e. The summed E-state index contributed by atoms with van der Waals surface area (Å²) in [5.74, 6) is 1.38. The number of nitrogens with zero attached hydrogens (tertiary/aromatic N) is 1. The summed E-state index contributed by atoms with van der Waals surface area (Å²) >= 11 is 2.07. The molecule has 0 aromatic rings. The maximum Gasteiger partial charge on any atom is 0.148 e. The van der Waals surface area contributed by atoms with Crippen molar-refractivity contribution in [3.63, 3.8) is 0 Å². The fourth-order valence-corrected chi connectivity index (χ4v) is 4.91. The van der Waals surface area contributed by atoms with Crippen molar-refractivity contribution in [2.75, 3.05) is 31.4 Å². The molecule has 5 heteroatoms. The minimum atomic E-state index is -2.86. The van der Waals surface area contributed by atoms with E-state index in [-0.39, 0.29) is 11.8 Å². The Kier molecular flexibility index (Phi) is 7.03. The van der Waals surface area contributed by atoms with Gasteiger partial charge >= 0.3 is 0 Å². The van der Waals surface area contributed by atoms with Crippen LogP contribution in [-0.2, 0) is 9.84 Å². The van der Waals surface area contributed by atoms with Crippen molar-refractivity contribution in [1.82, 2.24) is 4.90 Å². The molecular formula is C13H27NO2S2. The Morgan fingerprint density at radius 1 is 1.28 bits per heavy atom. The molecule has 0 aliphatic heterocycles. The van der Waals surface area contributed by atoms with E-state index < -0.39 is 9.84 Å². The first-order valence-corrected chi connectivity index (χ1v) is 9.99. The molecular weight excluding hydrogens is 266 g/mol. The third-order valence-electron chi connectivity index (χ3n) is 3.65. The minimum absolute atomic E-state index is 0.118. The largest absolute Gasteiger partial charge is 0.302 e. The molecule has 1 atom stereocenters. The van der Waals surface area contributed by atoms with Gasteiger partial charge < -0.3 is 4.90 Å². The lowest BCUT2D eigenvalue weighted by atomic mass is 10.0. The van der Waals surface area contributed by atoms with E-state index in [9.17, 15) is 8.42 Å². The summed E-state index contributed by atoms with van der Waals surface area (Å²) in [4.78, 5) is 2.16. The zero-order chi connectivity index (χ0) is 13.6. The second-order valence-electron chi connectivity index (χ2n) is 5.55. The van der Waals surface area contributed by atoms with Gasteiger partial charge in [0.1, 0.15) is 9.84 Å². The molecule has 1 aliphatic rings. The number of hydrogen-bond donors (Lipinski definition) is 0. The van der Waals surface area contributed by atoms with E-state index in [0.29, 0.717) is 0 Å². The molecule has 0 radical (unpaired) electrons. The second-order valence-corrected chi connectivity index (χ2v) is 9.15. The molecule has 1 saturated carbocycles. The number of thioether (sulfide) groups is 1. The molecule has 0 unspecified atom stereocenters. The van der Waals surface area contributed by atoms with Gasteiger partial charge in [-0.15, -0.1) is 0 Å². The van der Waals surface area contributed by atoms with E-state index in [0.717, 1.165) is 17.5 Å². The van der Waals surface area contributed by atoms with Gasteiger partial charge in [-0.25, -0.2) is 8.42 Å². The molecule has 108 valence electrons. The lowest BCUT2D eigenvalue weighted by Gasteiger charge is -2.26. The monoisotopic (exact) mass is 293 g/mol. The summed E-state index contributed by atoms with van der Waals surface area (Å²) in [7, 11) is -0.837. The Balaban J connectivity index is 2.17. The van der Waals surface area contributed by atoms with Gasteiger partial charge in [-0.1, -0.05) is 19.3 Å². The maximum atomic E-state index is 11.2. The third-order valence-corrected chi connectivity index (χ3v) is 6.10. The first-order valence-electron chi connectivity index (χ1n) is 6.88. The van der Waals surface area contributed by atoms with Crippen LogP contribution in [-0.4, -0.2) is 56.0 Å². The van der Waals surface area contributed by atoms with Crippen LogP contribution in [0.5, 0.6) is 0 Å². The van der Waals surface area contributed by atoms with E-state index in [1.807, 2.05) is 14.0 Å². The van der Waals surface area contributed by atoms with Crippen LogP contribution in [0.1, 0.15) is 39.0 Å². The Morgan fingerprint density at radius 3 is 2.44 bits per heavy atom. The summed E-state index contributed by atoms with van der Waals surface area (Å²) in [5.41, 5.74) is 0. The highest BCUT2D eigenvalue weighted by Crippen LogP contribution is 2.28. The zero-order valence-corrected chi connectivity index (χ0v) is 13.5. The molecule has 0 saturated heterocycles. The van der Waals surface area contributed by atoms with Gasteiger partial charge in [0.25, 0.3) is 0 Å². The van der Waals surface area contributed by atoms with E-state index >= 15 is 0 Å². The van der Waals surface area contributed by atoms with Crippen molar-refractivity contribution in [1.29, 1.82) is 0 Å². The highest BCUT2D eigenvalue weighted by atomic mass is 32.2. The first-order chi connectivity index (χ1) is 8.38. The molecule has 0 bridgehead atoms. The quantitative estimate of drug-likeness (QED) is 0.722. The van der Waals surface area contributed by atoms with Gasteiger partial charge in [0.2, 0.25) is 0 Å². The Bertz CT molecular complexity index is 324. The van der Waals surface area contributed by atoms with Gasteiger partial charge in [0, 0.05) is 29.8 Å². The van der Waals surface area contributed by atoms with Crippen LogP contribution < -0.4 is 0 Å². The van der Waals surface area contributed by atoms with Crippen molar-refractivity contribution in [2.45, 2.75) is 50.3 Å². The van der Waals surface area contributed by atoms with Crippen molar-refractivity contribution >= 4 is 21.6 Å². The van der Waals surface area contributed by atoms with E-state index in [1.165, 1.54) is 38.4 Å². The molecule has 0 spiro atoms. The molecule has 0 aromatic carbocycles. The van der Waals surface area contributed by atoms with Crippen LogP contribution in [0, 0.1) is 0 Å². The van der Waals surface area contributed by atoms with Crippen molar-refractivity contribution < 1.29 is 8.42 Å². The Labute approximate surface area is 117 Å². The van der Waals surface area contributed by atoms with Crippen LogP contribution >= 0.6 is 11.8 Å². The second kappa shape index (κ2) is 7.75. The molecule has 18 heavy (non-hydrogen) atoms. The summed E-state index contributed by atoms with van der Waals surface area (Å²) in [5, 5.41) is 0.845. The molecule has 3 nitrogen and oxygen atoms in total. The van der Waals surface area contributed by atoms with Crippen molar-refractivity contribution in [3.05, 3.63) is 0 Å². The SMILES string of the molecule is C[C@@H](CS(C)(=O)=O)N(C)CCSC1CCCCC1. The molecule has 1 rings (SSSR count). The van der Waals surface area contributed by atoms with Crippen LogP contribution in [0.15, 0.2) is 0 Å². The van der Waals surface area contributed by atoms with Gasteiger partial charge in [-0.3, -0.25) is 0 Å². The van der Waals surface area contributed by atoms with Gasteiger partial charge in [-0.05, 0) is 26.8 Å². The molecule has 1 aliphatic carbocycles. The lowest BCUT2D eigenvalue weighted by Crippen LogP contribution is -2.36. The number of rotatable bonds is 7. The highest BCUT2D eigenvalue weighted by Gasteiger charge is 2.17. The van der Waals surface area contributed by atoms with Gasteiger partial charge in [-0.2, -0.15) is 11.8 Å². The van der Waals surface area contributed by atoms with Crippen molar-refractivity contribution in [2.24, 2.45) is 0 Å². The fourth-order valence-electron chi connectivity index (χ4n) is 2.38. The summed E-state index contributed by atoms with van der Waals surface area (Å²) in [6.07, 6.45) is 8.23. The van der Waals surface area contributed by atoms with E-state index in [1.54, 1.807) is 0 Å². The van der Waals surface area contributed by atoms with Crippen LogP contribution in [0.2, 0.25) is 0 Å². The third kappa shape index (κ3) is 7.00. The topological polar surface area (TPSA) is 37.4 Å². The van der Waals surface area contributed by atoms with Gasteiger partial charge in [0.05, 0.1) is 5.75 Å². The molecule has 1 fully saturated rings. The number of hydrogen-bond acceptors (Lipinski definition) is 4. The molecule has 0 amide bonds. The Hall–Kier alpha value is 0.260. The molecule has 0 aromatic heterocycles.